The van der Waals surface area contributed by atoms with Gasteiger partial charge in [0.1, 0.15) is 17.6 Å². The van der Waals surface area contributed by atoms with Crippen molar-refractivity contribution in [3.63, 3.8) is 0 Å². The fourth-order valence-corrected chi connectivity index (χ4v) is 2.70. The standard InChI is InChI=1S/C17H17F2NO4/c1-11-14(5-7-22-11)16(21)20-6-8-23-15(10-20)12-3-2-4-13(9-12)24-17(18)19/h2-5,7,9,15,17H,6,8,10H2,1H3. The largest absolute Gasteiger partial charge is 0.469 e. The van der Waals surface area contributed by atoms with Crippen LogP contribution in [0.15, 0.2) is 41.0 Å². The van der Waals surface area contributed by atoms with Crippen molar-refractivity contribution in [1.82, 2.24) is 4.90 Å². The van der Waals surface area contributed by atoms with Gasteiger partial charge in [0.25, 0.3) is 5.91 Å². The minimum absolute atomic E-state index is 0.0697. The molecule has 1 fully saturated rings. The molecule has 2 heterocycles. The molecule has 1 aromatic carbocycles. The summed E-state index contributed by atoms with van der Waals surface area (Å²) < 4.78 is 40.0. The van der Waals surface area contributed by atoms with Crippen molar-refractivity contribution in [3.05, 3.63) is 53.5 Å². The Balaban J connectivity index is 1.74. The van der Waals surface area contributed by atoms with Crippen LogP contribution in [0.5, 0.6) is 5.75 Å². The van der Waals surface area contributed by atoms with Gasteiger partial charge in [-0.15, -0.1) is 0 Å². The Morgan fingerprint density at radius 2 is 2.21 bits per heavy atom. The van der Waals surface area contributed by atoms with E-state index in [9.17, 15) is 13.6 Å². The number of benzene rings is 1. The minimum Gasteiger partial charge on any atom is -0.469 e. The molecule has 1 unspecified atom stereocenters. The summed E-state index contributed by atoms with van der Waals surface area (Å²) >= 11 is 0. The van der Waals surface area contributed by atoms with E-state index >= 15 is 0 Å². The lowest BCUT2D eigenvalue weighted by molar-refractivity contribution is -0.0504. The van der Waals surface area contributed by atoms with Crippen LogP contribution in [-0.2, 0) is 4.74 Å². The first-order valence-corrected chi connectivity index (χ1v) is 7.54. The van der Waals surface area contributed by atoms with Gasteiger partial charge in [0.2, 0.25) is 0 Å². The van der Waals surface area contributed by atoms with E-state index < -0.39 is 12.7 Å². The Hall–Kier alpha value is -2.41. The molecule has 0 N–H and O–H groups in total. The van der Waals surface area contributed by atoms with Crippen molar-refractivity contribution >= 4 is 5.91 Å². The molecule has 0 bridgehead atoms. The minimum atomic E-state index is -2.88. The first-order chi connectivity index (χ1) is 11.5. The van der Waals surface area contributed by atoms with Crippen LogP contribution in [0, 0.1) is 6.92 Å². The molecule has 1 aliphatic heterocycles. The van der Waals surface area contributed by atoms with Crippen molar-refractivity contribution in [3.8, 4) is 5.75 Å². The van der Waals surface area contributed by atoms with Gasteiger partial charge in [-0.25, -0.2) is 0 Å². The molecule has 0 radical (unpaired) electrons. The molecule has 5 nitrogen and oxygen atoms in total. The average molecular weight is 337 g/mol. The lowest BCUT2D eigenvalue weighted by Crippen LogP contribution is -2.42. The maximum Gasteiger partial charge on any atom is 0.387 e. The third kappa shape index (κ3) is 3.56. The van der Waals surface area contributed by atoms with Crippen LogP contribution in [0.25, 0.3) is 0 Å². The van der Waals surface area contributed by atoms with Crippen molar-refractivity contribution in [2.75, 3.05) is 19.7 Å². The first kappa shape index (κ1) is 16.4. The Morgan fingerprint density at radius 3 is 2.92 bits per heavy atom. The summed E-state index contributed by atoms with van der Waals surface area (Å²) in [6.07, 6.45) is 1.09. The molecule has 1 amide bonds. The molecule has 0 aliphatic carbocycles. The van der Waals surface area contributed by atoms with Gasteiger partial charge in [-0.2, -0.15) is 8.78 Å². The fraction of sp³-hybridized carbons (Fsp3) is 0.353. The highest BCUT2D eigenvalue weighted by Crippen LogP contribution is 2.27. The van der Waals surface area contributed by atoms with Crippen LogP contribution in [0.3, 0.4) is 0 Å². The maximum atomic E-state index is 12.6. The van der Waals surface area contributed by atoms with Crippen LogP contribution in [0.2, 0.25) is 0 Å². The van der Waals surface area contributed by atoms with Crippen LogP contribution in [0.1, 0.15) is 27.8 Å². The number of furan rings is 1. The number of ether oxygens (including phenoxy) is 2. The predicted molar refractivity (Wildman–Crippen MR) is 81.1 cm³/mol. The van der Waals surface area contributed by atoms with E-state index in [2.05, 4.69) is 4.74 Å². The smallest absolute Gasteiger partial charge is 0.387 e. The molecule has 2 aromatic rings. The molecule has 1 aromatic heterocycles. The monoisotopic (exact) mass is 337 g/mol. The summed E-state index contributed by atoms with van der Waals surface area (Å²) in [4.78, 5) is 14.2. The number of alkyl halides is 2. The Labute approximate surface area is 137 Å². The zero-order chi connectivity index (χ0) is 17.1. The van der Waals surface area contributed by atoms with Crippen molar-refractivity contribution in [2.24, 2.45) is 0 Å². The van der Waals surface area contributed by atoms with Crippen LogP contribution in [-0.4, -0.2) is 37.1 Å². The summed E-state index contributed by atoms with van der Waals surface area (Å²) in [6, 6.07) is 7.99. The lowest BCUT2D eigenvalue weighted by Gasteiger charge is -2.33. The van der Waals surface area contributed by atoms with Gasteiger partial charge >= 0.3 is 6.61 Å². The second-order valence-electron chi connectivity index (χ2n) is 5.45. The number of carbonyl (C=O) groups is 1. The number of morpholine rings is 1. The highest BCUT2D eigenvalue weighted by molar-refractivity contribution is 5.95. The quantitative estimate of drug-likeness (QED) is 0.858. The number of carbonyl (C=O) groups excluding carboxylic acids is 1. The van der Waals surface area contributed by atoms with E-state index in [1.165, 1.54) is 18.4 Å². The third-order valence-corrected chi connectivity index (χ3v) is 3.90. The summed E-state index contributed by atoms with van der Waals surface area (Å²) in [7, 11) is 0. The molecule has 0 spiro atoms. The van der Waals surface area contributed by atoms with Crippen molar-refractivity contribution in [1.29, 1.82) is 0 Å². The highest BCUT2D eigenvalue weighted by atomic mass is 19.3. The molecule has 0 saturated carbocycles. The number of hydrogen-bond acceptors (Lipinski definition) is 4. The Morgan fingerprint density at radius 1 is 1.38 bits per heavy atom. The molecule has 7 heteroatoms. The van der Waals surface area contributed by atoms with E-state index in [0.717, 1.165) is 0 Å². The Kier molecular flexibility index (Phi) is 4.80. The van der Waals surface area contributed by atoms with Crippen molar-refractivity contribution < 1.29 is 27.5 Å². The number of rotatable bonds is 4. The van der Waals surface area contributed by atoms with Gasteiger partial charge in [0, 0.05) is 6.54 Å². The van der Waals surface area contributed by atoms with Gasteiger partial charge in [0.15, 0.2) is 0 Å². The second-order valence-corrected chi connectivity index (χ2v) is 5.45. The van der Waals surface area contributed by atoms with Gasteiger partial charge in [-0.1, -0.05) is 12.1 Å². The van der Waals surface area contributed by atoms with Crippen molar-refractivity contribution in [2.45, 2.75) is 19.6 Å². The van der Waals surface area contributed by atoms with E-state index in [0.29, 0.717) is 36.6 Å². The maximum absolute atomic E-state index is 12.6. The Bertz CT molecular complexity index is 716. The van der Waals surface area contributed by atoms with E-state index in [4.69, 9.17) is 9.15 Å². The molecule has 1 aliphatic rings. The average Bonchev–Trinajstić information content (AvgIpc) is 3.00. The van der Waals surface area contributed by atoms with Crippen LogP contribution >= 0.6 is 0 Å². The van der Waals surface area contributed by atoms with Crippen LogP contribution in [0.4, 0.5) is 8.78 Å². The van der Waals surface area contributed by atoms with E-state index in [1.807, 2.05) is 0 Å². The molecular weight excluding hydrogens is 320 g/mol. The SMILES string of the molecule is Cc1occc1C(=O)N1CCOC(c2cccc(OC(F)F)c2)C1. The van der Waals surface area contributed by atoms with E-state index in [-0.39, 0.29) is 11.7 Å². The zero-order valence-corrected chi connectivity index (χ0v) is 13.1. The lowest BCUT2D eigenvalue weighted by atomic mass is 10.1. The summed E-state index contributed by atoms with van der Waals surface area (Å²) in [5.41, 5.74) is 1.21. The number of amides is 1. The van der Waals surface area contributed by atoms with E-state index in [1.54, 1.807) is 30.0 Å². The summed E-state index contributed by atoms with van der Waals surface area (Å²) in [5.74, 6) is 0.505. The molecule has 24 heavy (non-hydrogen) atoms. The predicted octanol–water partition coefficient (Wildman–Crippen LogP) is 3.40. The van der Waals surface area contributed by atoms with Gasteiger partial charge < -0.3 is 18.8 Å². The number of hydrogen-bond donors (Lipinski definition) is 0. The second kappa shape index (κ2) is 7.00. The fourth-order valence-electron chi connectivity index (χ4n) is 2.70. The third-order valence-electron chi connectivity index (χ3n) is 3.90. The molecule has 128 valence electrons. The van der Waals surface area contributed by atoms with Gasteiger partial charge in [0.05, 0.1) is 25.0 Å². The number of aryl methyl sites for hydroxylation is 1. The molecule has 1 atom stereocenters. The summed E-state index contributed by atoms with van der Waals surface area (Å²) in [5, 5.41) is 0. The van der Waals surface area contributed by atoms with Crippen LogP contribution < -0.4 is 4.74 Å². The molecule has 3 rings (SSSR count). The van der Waals surface area contributed by atoms with Gasteiger partial charge in [-0.05, 0) is 30.7 Å². The first-order valence-electron chi connectivity index (χ1n) is 7.54. The van der Waals surface area contributed by atoms with Gasteiger partial charge in [-0.3, -0.25) is 4.79 Å². The molecule has 1 saturated heterocycles. The number of nitrogens with zero attached hydrogens (tertiary/aromatic N) is 1. The molecular formula is C17H17F2NO4. The normalized spacial score (nSPS) is 18.0. The highest BCUT2D eigenvalue weighted by Gasteiger charge is 2.27. The number of halogens is 2. The summed E-state index contributed by atoms with van der Waals surface area (Å²) in [6.45, 7) is 0.0212. The zero-order valence-electron chi connectivity index (χ0n) is 13.1. The topological polar surface area (TPSA) is 51.9 Å².